The highest BCUT2D eigenvalue weighted by Crippen LogP contribution is 2.29. The molecule has 104 valence electrons. The zero-order chi connectivity index (χ0) is 13.7. The minimum atomic E-state index is 0.0866. The van der Waals surface area contributed by atoms with Gasteiger partial charge in [0.05, 0.1) is 12.2 Å². The molecule has 1 aliphatic rings. The van der Waals surface area contributed by atoms with E-state index in [1.54, 1.807) is 0 Å². The summed E-state index contributed by atoms with van der Waals surface area (Å²) in [6.45, 7) is 3.08. The number of carbonyl (C=O) groups excluding carboxylic acids is 1. The monoisotopic (exact) mass is 261 g/mol. The van der Waals surface area contributed by atoms with E-state index in [-0.39, 0.29) is 11.8 Å². The van der Waals surface area contributed by atoms with Gasteiger partial charge in [-0.3, -0.25) is 9.78 Å². The highest BCUT2D eigenvalue weighted by molar-refractivity contribution is 5.79. The second-order valence-electron chi connectivity index (χ2n) is 5.37. The van der Waals surface area contributed by atoms with Crippen molar-refractivity contribution in [1.29, 1.82) is 0 Å². The predicted octanol–water partition coefficient (Wildman–Crippen LogP) is 1.77. The molecule has 0 saturated heterocycles. The summed E-state index contributed by atoms with van der Waals surface area (Å²) in [4.78, 5) is 16.6. The van der Waals surface area contributed by atoms with Crippen molar-refractivity contribution in [3.63, 3.8) is 0 Å². The number of nitrogens with zero attached hydrogens (tertiary/aromatic N) is 1. The van der Waals surface area contributed by atoms with Gasteiger partial charge in [0.15, 0.2) is 0 Å². The molecule has 0 radical (unpaired) electrons. The van der Waals surface area contributed by atoms with Gasteiger partial charge >= 0.3 is 0 Å². The Kier molecular flexibility index (Phi) is 4.91. The lowest BCUT2D eigenvalue weighted by atomic mass is 9.79. The Morgan fingerprint density at radius 2 is 2.21 bits per heavy atom. The zero-order valence-corrected chi connectivity index (χ0v) is 11.6. The normalized spacial score (nSPS) is 23.1. The van der Waals surface area contributed by atoms with Crippen molar-refractivity contribution in [3.8, 4) is 0 Å². The summed E-state index contributed by atoms with van der Waals surface area (Å²) in [5.74, 6) is 0.571. The molecule has 1 amide bonds. The second kappa shape index (κ2) is 6.66. The average Bonchev–Trinajstić information content (AvgIpc) is 2.45. The minimum Gasteiger partial charge on any atom is -0.350 e. The first kappa shape index (κ1) is 14.0. The SMILES string of the molecule is Cc1cccc(CNC(=O)C2CCCCC2CN)n1. The maximum Gasteiger partial charge on any atom is 0.223 e. The fraction of sp³-hybridized carbons (Fsp3) is 0.600. The summed E-state index contributed by atoms with van der Waals surface area (Å²) in [7, 11) is 0. The van der Waals surface area contributed by atoms with Gasteiger partial charge in [-0.15, -0.1) is 0 Å². The Bertz CT molecular complexity index is 433. The maximum absolute atomic E-state index is 12.2. The molecule has 4 heteroatoms. The molecule has 0 bridgehead atoms. The Balaban J connectivity index is 1.89. The highest BCUT2D eigenvalue weighted by Gasteiger charge is 2.29. The number of aromatic nitrogens is 1. The van der Waals surface area contributed by atoms with E-state index < -0.39 is 0 Å². The first-order valence-electron chi connectivity index (χ1n) is 7.11. The number of amides is 1. The average molecular weight is 261 g/mol. The summed E-state index contributed by atoms with van der Waals surface area (Å²) < 4.78 is 0. The third-order valence-electron chi connectivity index (χ3n) is 3.94. The number of pyridine rings is 1. The first-order chi connectivity index (χ1) is 9.20. The molecule has 0 aromatic carbocycles. The van der Waals surface area contributed by atoms with Crippen LogP contribution in [0.25, 0.3) is 0 Å². The zero-order valence-electron chi connectivity index (χ0n) is 11.6. The molecular weight excluding hydrogens is 238 g/mol. The molecule has 0 spiro atoms. The fourth-order valence-electron chi connectivity index (χ4n) is 2.84. The van der Waals surface area contributed by atoms with Crippen LogP contribution in [0.1, 0.15) is 37.1 Å². The quantitative estimate of drug-likeness (QED) is 0.868. The van der Waals surface area contributed by atoms with Crippen LogP contribution in [0.5, 0.6) is 0 Å². The summed E-state index contributed by atoms with van der Waals surface area (Å²) in [6, 6.07) is 5.86. The molecule has 3 N–H and O–H groups in total. The number of carbonyl (C=O) groups is 1. The van der Waals surface area contributed by atoms with E-state index in [1.165, 1.54) is 6.42 Å². The van der Waals surface area contributed by atoms with E-state index in [0.29, 0.717) is 19.0 Å². The van der Waals surface area contributed by atoms with Crippen LogP contribution in [0.4, 0.5) is 0 Å². The molecule has 1 fully saturated rings. The van der Waals surface area contributed by atoms with Gasteiger partial charge in [-0.1, -0.05) is 18.9 Å². The lowest BCUT2D eigenvalue weighted by Gasteiger charge is -2.29. The Hall–Kier alpha value is -1.42. The van der Waals surface area contributed by atoms with Gasteiger partial charge in [-0.25, -0.2) is 0 Å². The minimum absolute atomic E-state index is 0.0866. The van der Waals surface area contributed by atoms with Crippen LogP contribution in [-0.4, -0.2) is 17.4 Å². The van der Waals surface area contributed by atoms with Gasteiger partial charge in [0.1, 0.15) is 0 Å². The molecule has 19 heavy (non-hydrogen) atoms. The topological polar surface area (TPSA) is 68.0 Å². The first-order valence-corrected chi connectivity index (χ1v) is 7.11. The second-order valence-corrected chi connectivity index (χ2v) is 5.37. The van der Waals surface area contributed by atoms with Gasteiger partial charge in [-0.2, -0.15) is 0 Å². The largest absolute Gasteiger partial charge is 0.350 e. The maximum atomic E-state index is 12.2. The van der Waals surface area contributed by atoms with Crippen molar-refractivity contribution in [2.24, 2.45) is 17.6 Å². The molecule has 0 aliphatic heterocycles. The van der Waals surface area contributed by atoms with E-state index in [4.69, 9.17) is 5.73 Å². The van der Waals surface area contributed by atoms with Gasteiger partial charge in [-0.05, 0) is 44.4 Å². The highest BCUT2D eigenvalue weighted by atomic mass is 16.1. The van der Waals surface area contributed by atoms with Crippen LogP contribution in [0, 0.1) is 18.8 Å². The summed E-state index contributed by atoms with van der Waals surface area (Å²) in [5.41, 5.74) is 7.65. The van der Waals surface area contributed by atoms with Crippen molar-refractivity contribution in [2.45, 2.75) is 39.2 Å². The van der Waals surface area contributed by atoms with Gasteiger partial charge in [0.2, 0.25) is 5.91 Å². The molecule has 1 aliphatic carbocycles. The number of nitrogens with two attached hydrogens (primary N) is 1. The van der Waals surface area contributed by atoms with Crippen LogP contribution in [0.15, 0.2) is 18.2 Å². The number of aryl methyl sites for hydroxylation is 1. The lowest BCUT2D eigenvalue weighted by molar-refractivity contribution is -0.127. The molecule has 1 aromatic heterocycles. The molecule has 2 rings (SSSR count). The van der Waals surface area contributed by atoms with Crippen LogP contribution < -0.4 is 11.1 Å². The number of nitrogens with one attached hydrogen (secondary N) is 1. The van der Waals surface area contributed by atoms with Gasteiger partial charge < -0.3 is 11.1 Å². The van der Waals surface area contributed by atoms with E-state index >= 15 is 0 Å². The van der Waals surface area contributed by atoms with Gasteiger partial charge in [0.25, 0.3) is 0 Å². The summed E-state index contributed by atoms with van der Waals surface area (Å²) in [5, 5.41) is 3.00. The lowest BCUT2D eigenvalue weighted by Crippen LogP contribution is -2.39. The van der Waals surface area contributed by atoms with Crippen molar-refractivity contribution in [3.05, 3.63) is 29.6 Å². The third-order valence-corrected chi connectivity index (χ3v) is 3.94. The van der Waals surface area contributed by atoms with E-state index in [2.05, 4.69) is 10.3 Å². The molecular formula is C15H23N3O. The molecule has 1 heterocycles. The Morgan fingerprint density at radius 1 is 1.42 bits per heavy atom. The summed E-state index contributed by atoms with van der Waals surface area (Å²) in [6.07, 6.45) is 4.38. The molecule has 1 saturated carbocycles. The van der Waals surface area contributed by atoms with E-state index in [1.807, 2.05) is 25.1 Å². The van der Waals surface area contributed by atoms with Crippen molar-refractivity contribution < 1.29 is 4.79 Å². The molecule has 2 atom stereocenters. The molecule has 1 aromatic rings. The fourth-order valence-corrected chi connectivity index (χ4v) is 2.84. The number of hydrogen-bond donors (Lipinski definition) is 2. The Morgan fingerprint density at radius 3 is 2.95 bits per heavy atom. The van der Waals surface area contributed by atoms with Crippen molar-refractivity contribution in [1.82, 2.24) is 10.3 Å². The van der Waals surface area contributed by atoms with Crippen molar-refractivity contribution in [2.75, 3.05) is 6.54 Å². The van der Waals surface area contributed by atoms with Gasteiger partial charge in [0, 0.05) is 11.6 Å². The van der Waals surface area contributed by atoms with Crippen molar-refractivity contribution >= 4 is 5.91 Å². The van der Waals surface area contributed by atoms with Crippen LogP contribution in [0.2, 0.25) is 0 Å². The van der Waals surface area contributed by atoms with E-state index in [0.717, 1.165) is 30.7 Å². The number of hydrogen-bond acceptors (Lipinski definition) is 3. The standard InChI is InChI=1S/C15H23N3O/c1-11-5-4-7-13(18-11)10-17-15(19)14-8-3-2-6-12(14)9-16/h4-5,7,12,14H,2-3,6,8-10,16H2,1H3,(H,17,19). The molecule has 2 unspecified atom stereocenters. The predicted molar refractivity (Wildman–Crippen MR) is 75.3 cm³/mol. The van der Waals surface area contributed by atoms with Crippen LogP contribution in [-0.2, 0) is 11.3 Å². The molecule has 4 nitrogen and oxygen atoms in total. The Labute approximate surface area is 114 Å². The third kappa shape index (κ3) is 3.77. The summed E-state index contributed by atoms with van der Waals surface area (Å²) >= 11 is 0. The van der Waals surface area contributed by atoms with Crippen LogP contribution in [0.3, 0.4) is 0 Å². The smallest absolute Gasteiger partial charge is 0.223 e. The van der Waals surface area contributed by atoms with Crippen LogP contribution >= 0.6 is 0 Å². The van der Waals surface area contributed by atoms with E-state index in [9.17, 15) is 4.79 Å². The number of rotatable bonds is 4.